The Morgan fingerprint density at radius 2 is 1.71 bits per heavy atom. The number of anilines is 1. The summed E-state index contributed by atoms with van der Waals surface area (Å²) in [4.78, 5) is 12.9. The molecule has 0 amide bonds. The van der Waals surface area contributed by atoms with E-state index in [0.29, 0.717) is 17.8 Å². The number of hydrogen-bond donors (Lipinski definition) is 1. The summed E-state index contributed by atoms with van der Waals surface area (Å²) >= 11 is 0. The largest absolute Gasteiger partial charge is 0.467 e. The molecule has 0 aliphatic heterocycles. The van der Waals surface area contributed by atoms with Gasteiger partial charge in [0.15, 0.2) is 5.82 Å². The quantitative estimate of drug-likeness (QED) is 0.934. The zero-order valence-corrected chi connectivity index (χ0v) is 13.3. The van der Waals surface area contributed by atoms with Crippen LogP contribution in [-0.2, 0) is 5.41 Å². The van der Waals surface area contributed by atoms with Crippen molar-refractivity contribution in [1.82, 2.24) is 15.0 Å². The Hall–Kier alpha value is -2.17. The van der Waals surface area contributed by atoms with Crippen molar-refractivity contribution < 1.29 is 4.74 Å². The summed E-state index contributed by atoms with van der Waals surface area (Å²) in [5.74, 6) is 1.14. The van der Waals surface area contributed by atoms with Gasteiger partial charge in [-0.1, -0.05) is 45.0 Å². The fourth-order valence-corrected chi connectivity index (χ4v) is 1.93. The molecule has 0 unspecified atom stereocenters. The second-order valence-corrected chi connectivity index (χ2v) is 5.83. The summed E-state index contributed by atoms with van der Waals surface area (Å²) in [5, 5.41) is 3.09. The maximum Gasteiger partial charge on any atom is 0.321 e. The second-order valence-electron chi connectivity index (χ2n) is 5.83. The number of methoxy groups -OCH3 is 1. The molecule has 2 rings (SSSR count). The summed E-state index contributed by atoms with van der Waals surface area (Å²) in [6.07, 6.45) is 0. The molecule has 1 aromatic carbocycles. The Morgan fingerprint density at radius 3 is 2.24 bits per heavy atom. The molecule has 21 heavy (non-hydrogen) atoms. The molecule has 0 aliphatic carbocycles. The van der Waals surface area contributed by atoms with E-state index in [4.69, 9.17) is 4.74 Å². The van der Waals surface area contributed by atoms with E-state index in [0.717, 1.165) is 12.1 Å². The number of aromatic nitrogens is 3. The van der Waals surface area contributed by atoms with E-state index in [1.807, 2.05) is 19.1 Å². The normalized spacial score (nSPS) is 11.3. The Bertz CT molecular complexity index is 603. The smallest absolute Gasteiger partial charge is 0.321 e. The van der Waals surface area contributed by atoms with Crippen molar-refractivity contribution >= 4 is 5.95 Å². The molecule has 0 saturated heterocycles. The molecule has 0 saturated carbocycles. The third kappa shape index (κ3) is 3.68. The maximum atomic E-state index is 5.14. The van der Waals surface area contributed by atoms with Crippen LogP contribution in [0.3, 0.4) is 0 Å². The van der Waals surface area contributed by atoms with Crippen LogP contribution in [0.1, 0.15) is 33.3 Å². The van der Waals surface area contributed by atoms with Crippen LogP contribution in [0.2, 0.25) is 0 Å². The molecule has 2 aromatic rings. The van der Waals surface area contributed by atoms with Crippen molar-refractivity contribution in [2.75, 3.05) is 19.0 Å². The van der Waals surface area contributed by atoms with Crippen LogP contribution in [-0.4, -0.2) is 28.6 Å². The lowest BCUT2D eigenvalue weighted by atomic mass is 9.87. The zero-order chi connectivity index (χ0) is 15.5. The van der Waals surface area contributed by atoms with Gasteiger partial charge in [-0.3, -0.25) is 0 Å². The van der Waals surface area contributed by atoms with Gasteiger partial charge in [0.1, 0.15) is 0 Å². The van der Waals surface area contributed by atoms with Gasteiger partial charge in [-0.25, -0.2) is 0 Å². The van der Waals surface area contributed by atoms with Crippen LogP contribution in [0.5, 0.6) is 6.01 Å². The van der Waals surface area contributed by atoms with Crippen LogP contribution < -0.4 is 10.1 Å². The van der Waals surface area contributed by atoms with Gasteiger partial charge in [0.2, 0.25) is 5.95 Å². The minimum absolute atomic E-state index is 0.129. The average molecular weight is 286 g/mol. The van der Waals surface area contributed by atoms with Crippen LogP contribution in [0.25, 0.3) is 11.4 Å². The molecule has 112 valence electrons. The summed E-state index contributed by atoms with van der Waals surface area (Å²) < 4.78 is 5.14. The van der Waals surface area contributed by atoms with E-state index in [9.17, 15) is 0 Å². The topological polar surface area (TPSA) is 59.9 Å². The van der Waals surface area contributed by atoms with Gasteiger partial charge < -0.3 is 10.1 Å². The minimum Gasteiger partial charge on any atom is -0.467 e. The minimum atomic E-state index is 0.129. The summed E-state index contributed by atoms with van der Waals surface area (Å²) in [7, 11) is 1.55. The molecule has 0 spiro atoms. The van der Waals surface area contributed by atoms with Gasteiger partial charge in [-0.15, -0.1) is 0 Å². The van der Waals surface area contributed by atoms with Crippen molar-refractivity contribution in [3.63, 3.8) is 0 Å². The predicted molar refractivity (Wildman–Crippen MR) is 84.7 cm³/mol. The Balaban J connectivity index is 2.39. The SMILES string of the molecule is CCNc1nc(OC)nc(-c2ccc(C(C)(C)C)cc2)n1. The van der Waals surface area contributed by atoms with E-state index in [1.165, 1.54) is 5.56 Å². The predicted octanol–water partition coefficient (Wildman–Crippen LogP) is 3.28. The molecule has 0 aliphatic rings. The third-order valence-corrected chi connectivity index (χ3v) is 3.14. The van der Waals surface area contributed by atoms with Gasteiger partial charge in [0.25, 0.3) is 0 Å². The van der Waals surface area contributed by atoms with Crippen molar-refractivity contribution in [3.05, 3.63) is 29.8 Å². The first-order valence-corrected chi connectivity index (χ1v) is 7.09. The van der Waals surface area contributed by atoms with Gasteiger partial charge in [0.05, 0.1) is 7.11 Å². The van der Waals surface area contributed by atoms with E-state index < -0.39 is 0 Å². The van der Waals surface area contributed by atoms with Gasteiger partial charge in [0, 0.05) is 12.1 Å². The average Bonchev–Trinajstić information content (AvgIpc) is 2.46. The first-order valence-electron chi connectivity index (χ1n) is 7.09. The van der Waals surface area contributed by atoms with Crippen molar-refractivity contribution in [3.8, 4) is 17.4 Å². The van der Waals surface area contributed by atoms with E-state index in [2.05, 4.69) is 53.2 Å². The van der Waals surface area contributed by atoms with Crippen LogP contribution in [0.4, 0.5) is 5.95 Å². The van der Waals surface area contributed by atoms with E-state index in [1.54, 1.807) is 7.11 Å². The summed E-state index contributed by atoms with van der Waals surface area (Å²) in [6.45, 7) is 9.31. The lowest BCUT2D eigenvalue weighted by Crippen LogP contribution is -2.10. The van der Waals surface area contributed by atoms with Crippen LogP contribution >= 0.6 is 0 Å². The van der Waals surface area contributed by atoms with Gasteiger partial charge in [-0.2, -0.15) is 15.0 Å². The molecule has 1 N–H and O–H groups in total. The molecule has 5 nitrogen and oxygen atoms in total. The highest BCUT2D eigenvalue weighted by molar-refractivity contribution is 5.57. The number of benzene rings is 1. The van der Waals surface area contributed by atoms with Gasteiger partial charge >= 0.3 is 6.01 Å². The first-order chi connectivity index (χ1) is 9.94. The molecule has 0 radical (unpaired) electrons. The molecule has 1 aromatic heterocycles. The lowest BCUT2D eigenvalue weighted by Gasteiger charge is -2.19. The molecular formula is C16H22N4O. The molecule has 5 heteroatoms. The van der Waals surface area contributed by atoms with E-state index in [-0.39, 0.29) is 5.41 Å². The van der Waals surface area contributed by atoms with E-state index >= 15 is 0 Å². The Kier molecular flexibility index (Phi) is 4.40. The monoisotopic (exact) mass is 286 g/mol. The summed E-state index contributed by atoms with van der Waals surface area (Å²) in [5.41, 5.74) is 2.35. The highest BCUT2D eigenvalue weighted by atomic mass is 16.5. The van der Waals surface area contributed by atoms with Crippen molar-refractivity contribution in [2.45, 2.75) is 33.1 Å². The van der Waals surface area contributed by atoms with Gasteiger partial charge in [-0.05, 0) is 17.9 Å². The molecule has 0 bridgehead atoms. The molecular weight excluding hydrogens is 264 g/mol. The number of hydrogen-bond acceptors (Lipinski definition) is 5. The third-order valence-electron chi connectivity index (χ3n) is 3.14. The highest BCUT2D eigenvalue weighted by Gasteiger charge is 2.14. The fraction of sp³-hybridized carbons (Fsp3) is 0.438. The number of nitrogens with one attached hydrogen (secondary N) is 1. The maximum absolute atomic E-state index is 5.14. The van der Waals surface area contributed by atoms with Crippen molar-refractivity contribution in [1.29, 1.82) is 0 Å². The van der Waals surface area contributed by atoms with Crippen LogP contribution in [0, 0.1) is 0 Å². The standard InChI is InChI=1S/C16H22N4O/c1-6-17-14-18-13(19-15(20-14)21-5)11-7-9-12(10-8-11)16(2,3)4/h7-10H,6H2,1-5H3,(H,17,18,19,20). The first kappa shape index (κ1) is 15.2. The number of nitrogens with zero attached hydrogens (tertiary/aromatic N) is 3. The highest BCUT2D eigenvalue weighted by Crippen LogP contribution is 2.25. The molecule has 1 heterocycles. The second kappa shape index (κ2) is 6.08. The van der Waals surface area contributed by atoms with Crippen LogP contribution in [0.15, 0.2) is 24.3 Å². The summed E-state index contributed by atoms with van der Waals surface area (Å²) in [6, 6.07) is 8.60. The Labute approximate surface area is 125 Å². The molecule has 0 atom stereocenters. The fourth-order valence-electron chi connectivity index (χ4n) is 1.93. The number of ether oxygens (including phenoxy) is 1. The molecule has 0 fully saturated rings. The lowest BCUT2D eigenvalue weighted by molar-refractivity contribution is 0.379. The van der Waals surface area contributed by atoms with Crippen molar-refractivity contribution in [2.24, 2.45) is 0 Å². The Morgan fingerprint density at radius 1 is 1.05 bits per heavy atom. The number of rotatable bonds is 4. The zero-order valence-electron chi connectivity index (χ0n) is 13.3.